The molecule has 43 heavy (non-hydrogen) atoms. The minimum Gasteiger partial charge on any atom is -0.0619 e. The highest BCUT2D eigenvalue weighted by molar-refractivity contribution is 6.25. The Hall–Kier alpha value is -5.20. The number of hydrogen-bond donors (Lipinski definition) is 0. The average molecular weight is 547 g/mol. The van der Waals surface area contributed by atoms with Crippen LogP contribution in [-0.4, -0.2) is 0 Å². The van der Waals surface area contributed by atoms with Crippen molar-refractivity contribution in [2.75, 3.05) is 0 Å². The minimum absolute atomic E-state index is 0.0631. The molecule has 0 saturated heterocycles. The molecule has 1 aliphatic rings. The zero-order valence-corrected chi connectivity index (χ0v) is 24.4. The van der Waals surface area contributed by atoms with Gasteiger partial charge in [0.25, 0.3) is 0 Å². The summed E-state index contributed by atoms with van der Waals surface area (Å²) in [5.74, 6) is 0. The van der Waals surface area contributed by atoms with Gasteiger partial charge in [0, 0.05) is 5.41 Å². The lowest BCUT2D eigenvalue weighted by Crippen LogP contribution is -2.15. The second-order valence-electron chi connectivity index (χ2n) is 12.4. The van der Waals surface area contributed by atoms with E-state index in [1.54, 1.807) is 0 Å². The Balaban J connectivity index is 1.41. The number of rotatable bonds is 2. The van der Waals surface area contributed by atoms with Crippen LogP contribution in [0.25, 0.3) is 76.5 Å². The predicted octanol–water partition coefficient (Wildman–Crippen LogP) is 11.9. The van der Waals surface area contributed by atoms with Gasteiger partial charge in [-0.05, 0) is 87.6 Å². The Morgan fingerprint density at radius 2 is 0.791 bits per heavy atom. The van der Waals surface area contributed by atoms with Crippen molar-refractivity contribution in [2.45, 2.75) is 19.3 Å². The molecule has 8 aromatic rings. The zero-order valence-electron chi connectivity index (χ0n) is 24.4. The molecule has 0 nitrogen and oxygen atoms in total. The van der Waals surface area contributed by atoms with Crippen LogP contribution >= 0.6 is 0 Å². The highest BCUT2D eigenvalue weighted by atomic mass is 14.4. The van der Waals surface area contributed by atoms with Crippen molar-refractivity contribution < 1.29 is 0 Å². The molecule has 0 heteroatoms. The Morgan fingerprint density at radius 1 is 0.326 bits per heavy atom. The lowest BCUT2D eigenvalue weighted by atomic mass is 9.79. The molecule has 0 unspecified atom stereocenters. The summed E-state index contributed by atoms with van der Waals surface area (Å²) in [6.45, 7) is 4.76. The van der Waals surface area contributed by atoms with Crippen molar-refractivity contribution in [3.8, 4) is 33.4 Å². The fraction of sp³-hybridized carbons (Fsp3) is 0.0698. The van der Waals surface area contributed by atoms with Crippen LogP contribution in [0.5, 0.6) is 0 Å². The van der Waals surface area contributed by atoms with Crippen molar-refractivity contribution in [3.05, 3.63) is 157 Å². The van der Waals surface area contributed by atoms with Crippen molar-refractivity contribution >= 4 is 43.1 Å². The van der Waals surface area contributed by atoms with E-state index in [1.807, 2.05) is 0 Å². The maximum absolute atomic E-state index is 2.38. The van der Waals surface area contributed by atoms with Crippen LogP contribution in [0.3, 0.4) is 0 Å². The zero-order chi connectivity index (χ0) is 28.7. The molecule has 0 radical (unpaired) electrons. The normalized spacial score (nSPS) is 13.5. The van der Waals surface area contributed by atoms with E-state index in [1.165, 1.54) is 87.6 Å². The minimum atomic E-state index is -0.0631. The largest absolute Gasteiger partial charge is 0.0619 e. The van der Waals surface area contributed by atoms with Gasteiger partial charge in [0.05, 0.1) is 0 Å². The topological polar surface area (TPSA) is 0 Å². The fourth-order valence-corrected chi connectivity index (χ4v) is 8.02. The van der Waals surface area contributed by atoms with Gasteiger partial charge in [0.1, 0.15) is 0 Å². The first-order chi connectivity index (χ1) is 21.1. The molecule has 0 heterocycles. The lowest BCUT2D eigenvalue weighted by molar-refractivity contribution is 0.666. The van der Waals surface area contributed by atoms with Crippen LogP contribution in [0.4, 0.5) is 0 Å². The molecule has 0 atom stereocenters. The molecule has 0 spiro atoms. The summed E-state index contributed by atoms with van der Waals surface area (Å²) in [6, 6.07) is 54.0. The molecule has 0 bridgehead atoms. The van der Waals surface area contributed by atoms with E-state index in [4.69, 9.17) is 0 Å². The third-order valence-electron chi connectivity index (χ3n) is 9.84. The average Bonchev–Trinajstić information content (AvgIpc) is 3.30. The SMILES string of the molecule is CC1(C)c2ccccc2-c2ccc3c(-c4c5ccccc5c(-c5cccc6ccccc56)c5ccccc45)cccc3c21. The van der Waals surface area contributed by atoms with Crippen LogP contribution in [0.15, 0.2) is 146 Å². The van der Waals surface area contributed by atoms with Gasteiger partial charge in [-0.25, -0.2) is 0 Å². The maximum atomic E-state index is 2.38. The molecule has 0 saturated carbocycles. The van der Waals surface area contributed by atoms with E-state index in [0.717, 1.165) is 0 Å². The van der Waals surface area contributed by atoms with E-state index in [9.17, 15) is 0 Å². The summed E-state index contributed by atoms with van der Waals surface area (Å²) >= 11 is 0. The lowest BCUT2D eigenvalue weighted by Gasteiger charge is -2.24. The summed E-state index contributed by atoms with van der Waals surface area (Å²) < 4.78 is 0. The van der Waals surface area contributed by atoms with Gasteiger partial charge in [-0.15, -0.1) is 0 Å². The third-order valence-corrected chi connectivity index (χ3v) is 9.84. The van der Waals surface area contributed by atoms with Crippen LogP contribution in [0.2, 0.25) is 0 Å². The summed E-state index contributed by atoms with van der Waals surface area (Å²) in [5, 5.41) is 10.4. The highest BCUT2D eigenvalue weighted by Gasteiger charge is 2.36. The summed E-state index contributed by atoms with van der Waals surface area (Å²) in [7, 11) is 0. The van der Waals surface area contributed by atoms with Gasteiger partial charge in [0.2, 0.25) is 0 Å². The molecule has 8 aromatic carbocycles. The van der Waals surface area contributed by atoms with Crippen molar-refractivity contribution in [3.63, 3.8) is 0 Å². The molecule has 0 N–H and O–H groups in total. The standard InChI is InChI=1S/C43H30/c1-43(2)39-24-10-9-16-30(39)38-26-25-29-32(22-12-23-37(29)42(38)43)41-35-19-7-5-17-33(35)40(34-18-6-8-20-36(34)41)31-21-11-14-27-13-3-4-15-28(27)31/h3-26H,1-2H3. The first-order valence-corrected chi connectivity index (χ1v) is 15.2. The first kappa shape index (κ1) is 24.4. The molecule has 202 valence electrons. The van der Waals surface area contributed by atoms with Crippen LogP contribution in [0, 0.1) is 0 Å². The Kier molecular flexibility index (Phi) is 5.05. The van der Waals surface area contributed by atoms with Crippen LogP contribution in [0.1, 0.15) is 25.0 Å². The molecule has 9 rings (SSSR count). The predicted molar refractivity (Wildman–Crippen MR) is 185 cm³/mol. The number of benzene rings is 8. The highest BCUT2D eigenvalue weighted by Crippen LogP contribution is 2.53. The van der Waals surface area contributed by atoms with Gasteiger partial charge in [-0.3, -0.25) is 0 Å². The van der Waals surface area contributed by atoms with Gasteiger partial charge in [0.15, 0.2) is 0 Å². The van der Waals surface area contributed by atoms with Crippen molar-refractivity contribution in [1.29, 1.82) is 0 Å². The second kappa shape index (κ2) is 8.90. The van der Waals surface area contributed by atoms with Gasteiger partial charge in [-0.1, -0.05) is 159 Å². The second-order valence-corrected chi connectivity index (χ2v) is 12.4. The quantitative estimate of drug-likeness (QED) is 0.189. The fourth-order valence-electron chi connectivity index (χ4n) is 8.02. The molecule has 0 fully saturated rings. The molecule has 0 amide bonds. The summed E-state index contributed by atoms with van der Waals surface area (Å²) in [6.07, 6.45) is 0. The third kappa shape index (κ3) is 3.32. The monoisotopic (exact) mass is 546 g/mol. The van der Waals surface area contributed by atoms with E-state index in [-0.39, 0.29) is 5.41 Å². The van der Waals surface area contributed by atoms with Gasteiger partial charge >= 0.3 is 0 Å². The molecule has 0 aromatic heterocycles. The Morgan fingerprint density at radius 3 is 1.47 bits per heavy atom. The summed E-state index contributed by atoms with van der Waals surface area (Å²) in [4.78, 5) is 0. The van der Waals surface area contributed by atoms with Crippen molar-refractivity contribution in [1.82, 2.24) is 0 Å². The van der Waals surface area contributed by atoms with E-state index < -0.39 is 0 Å². The number of fused-ring (bicyclic) bond motifs is 8. The molecular weight excluding hydrogens is 516 g/mol. The van der Waals surface area contributed by atoms with E-state index in [2.05, 4.69) is 159 Å². The van der Waals surface area contributed by atoms with E-state index in [0.29, 0.717) is 0 Å². The van der Waals surface area contributed by atoms with Crippen LogP contribution in [-0.2, 0) is 5.41 Å². The number of hydrogen-bond acceptors (Lipinski definition) is 0. The Bertz CT molecular complexity index is 2360. The van der Waals surface area contributed by atoms with Crippen molar-refractivity contribution in [2.24, 2.45) is 0 Å². The van der Waals surface area contributed by atoms with Gasteiger partial charge < -0.3 is 0 Å². The molecule has 1 aliphatic carbocycles. The van der Waals surface area contributed by atoms with E-state index >= 15 is 0 Å². The molecule has 0 aliphatic heterocycles. The Labute approximate surface area is 251 Å². The van der Waals surface area contributed by atoms with Gasteiger partial charge in [-0.2, -0.15) is 0 Å². The molecular formula is C43H30. The van der Waals surface area contributed by atoms with Crippen LogP contribution < -0.4 is 0 Å². The maximum Gasteiger partial charge on any atom is 0.0165 e. The summed E-state index contributed by atoms with van der Waals surface area (Å²) in [5.41, 5.74) is 10.7. The first-order valence-electron chi connectivity index (χ1n) is 15.2. The smallest absolute Gasteiger partial charge is 0.0165 e.